The summed E-state index contributed by atoms with van der Waals surface area (Å²) in [6, 6.07) is 17.0. The highest BCUT2D eigenvalue weighted by Crippen LogP contribution is 2.32. The number of hydrogen-bond donors (Lipinski definition) is 0. The summed E-state index contributed by atoms with van der Waals surface area (Å²) in [6.07, 6.45) is 1.77. The van der Waals surface area contributed by atoms with E-state index in [9.17, 15) is 4.79 Å². The molecule has 5 nitrogen and oxygen atoms in total. The minimum absolute atomic E-state index is 0.305. The van der Waals surface area contributed by atoms with E-state index < -0.39 is 0 Å². The molecule has 0 aliphatic carbocycles. The van der Waals surface area contributed by atoms with Gasteiger partial charge in [0.1, 0.15) is 0 Å². The molecular formula is C19H18N2O3. The highest BCUT2D eigenvalue weighted by atomic mass is 16.7. The van der Waals surface area contributed by atoms with Crippen molar-refractivity contribution < 1.29 is 14.2 Å². The lowest BCUT2D eigenvalue weighted by Gasteiger charge is -2.29. The molecule has 1 aromatic heterocycles. The lowest BCUT2D eigenvalue weighted by molar-refractivity contribution is -0.122. The molecule has 2 heterocycles. The van der Waals surface area contributed by atoms with Crippen LogP contribution in [0.25, 0.3) is 11.0 Å². The Hall–Kier alpha value is -2.66. The van der Waals surface area contributed by atoms with Gasteiger partial charge in [-0.2, -0.15) is 0 Å². The summed E-state index contributed by atoms with van der Waals surface area (Å²) in [5.41, 5.74) is 2.41. The van der Waals surface area contributed by atoms with Crippen LogP contribution in [0.5, 0.6) is 0 Å². The van der Waals surface area contributed by atoms with E-state index in [1.807, 2.05) is 42.5 Å². The molecule has 122 valence electrons. The van der Waals surface area contributed by atoms with Crippen molar-refractivity contribution in [2.24, 2.45) is 0 Å². The van der Waals surface area contributed by atoms with Crippen molar-refractivity contribution in [2.75, 3.05) is 13.1 Å². The van der Waals surface area contributed by atoms with E-state index >= 15 is 0 Å². The number of carbonyl (C=O) groups is 1. The van der Waals surface area contributed by atoms with Gasteiger partial charge in [-0.15, -0.1) is 5.06 Å². The van der Waals surface area contributed by atoms with Crippen molar-refractivity contribution in [1.82, 2.24) is 10.2 Å². The van der Waals surface area contributed by atoms with Gasteiger partial charge in [0.2, 0.25) is 0 Å². The summed E-state index contributed by atoms with van der Waals surface area (Å²) in [6.45, 7) is 1.40. The number of benzene rings is 2. The SMILES string of the molecule is O=C(ON1CCC(c2noc3ccccc23)CC1)c1ccccc1. The van der Waals surface area contributed by atoms with E-state index in [1.165, 1.54) is 0 Å². The Morgan fingerprint density at radius 3 is 2.54 bits per heavy atom. The second kappa shape index (κ2) is 6.45. The van der Waals surface area contributed by atoms with Crippen molar-refractivity contribution in [3.05, 3.63) is 65.9 Å². The first kappa shape index (κ1) is 14.9. The number of carbonyl (C=O) groups excluding carboxylic acids is 1. The van der Waals surface area contributed by atoms with Crippen LogP contribution in [0, 0.1) is 0 Å². The molecule has 0 saturated carbocycles. The zero-order valence-electron chi connectivity index (χ0n) is 13.2. The van der Waals surface area contributed by atoms with Gasteiger partial charge >= 0.3 is 5.97 Å². The summed E-state index contributed by atoms with van der Waals surface area (Å²) in [7, 11) is 0. The number of nitrogens with zero attached hydrogens (tertiary/aromatic N) is 2. The smallest absolute Gasteiger partial charge is 0.357 e. The van der Waals surface area contributed by atoms with E-state index in [1.54, 1.807) is 17.2 Å². The largest absolute Gasteiger partial charge is 0.364 e. The summed E-state index contributed by atoms with van der Waals surface area (Å²) >= 11 is 0. The van der Waals surface area contributed by atoms with Crippen LogP contribution < -0.4 is 0 Å². The Morgan fingerprint density at radius 1 is 1.04 bits per heavy atom. The molecular weight excluding hydrogens is 304 g/mol. The standard InChI is InChI=1S/C19H18N2O3/c22-19(15-6-2-1-3-7-15)24-21-12-10-14(11-13-21)18-16-8-4-5-9-17(16)23-20-18/h1-9,14H,10-13H2. The lowest BCUT2D eigenvalue weighted by Crippen LogP contribution is -2.35. The lowest BCUT2D eigenvalue weighted by atomic mass is 9.92. The maximum Gasteiger partial charge on any atom is 0.357 e. The van der Waals surface area contributed by atoms with Crippen LogP contribution in [0.2, 0.25) is 0 Å². The van der Waals surface area contributed by atoms with Crippen LogP contribution in [0.3, 0.4) is 0 Å². The summed E-state index contributed by atoms with van der Waals surface area (Å²) < 4.78 is 5.40. The number of hydroxylamine groups is 2. The van der Waals surface area contributed by atoms with Crippen LogP contribution in [-0.4, -0.2) is 29.3 Å². The van der Waals surface area contributed by atoms with Crippen LogP contribution >= 0.6 is 0 Å². The number of piperidine rings is 1. The average Bonchev–Trinajstić information content (AvgIpc) is 3.07. The molecule has 3 aromatic rings. The maximum atomic E-state index is 12.1. The molecule has 1 aliphatic rings. The minimum atomic E-state index is -0.305. The predicted molar refractivity (Wildman–Crippen MR) is 89.4 cm³/mol. The van der Waals surface area contributed by atoms with Gasteiger partial charge in [-0.05, 0) is 37.1 Å². The molecule has 0 atom stereocenters. The Bertz CT molecular complexity index is 836. The van der Waals surface area contributed by atoms with E-state index in [2.05, 4.69) is 5.16 Å². The van der Waals surface area contributed by atoms with Crippen molar-refractivity contribution >= 4 is 16.9 Å². The van der Waals surface area contributed by atoms with Crippen molar-refractivity contribution in [3.63, 3.8) is 0 Å². The quantitative estimate of drug-likeness (QED) is 0.734. The topological polar surface area (TPSA) is 55.6 Å². The van der Waals surface area contributed by atoms with E-state index in [-0.39, 0.29) is 5.97 Å². The van der Waals surface area contributed by atoms with Crippen LogP contribution in [-0.2, 0) is 4.84 Å². The number of rotatable bonds is 3. The Labute approximate surface area is 139 Å². The van der Waals surface area contributed by atoms with E-state index in [0.29, 0.717) is 24.6 Å². The summed E-state index contributed by atoms with van der Waals surface area (Å²) in [5.74, 6) is 0.0289. The van der Waals surface area contributed by atoms with Gasteiger partial charge < -0.3 is 9.36 Å². The van der Waals surface area contributed by atoms with Gasteiger partial charge in [-0.25, -0.2) is 4.79 Å². The molecule has 0 unspecified atom stereocenters. The predicted octanol–water partition coefficient (Wildman–Crippen LogP) is 3.78. The van der Waals surface area contributed by atoms with Gasteiger partial charge in [0, 0.05) is 24.4 Å². The molecule has 0 N–H and O–H groups in total. The number of aromatic nitrogens is 1. The molecule has 1 fully saturated rings. The molecule has 5 heteroatoms. The summed E-state index contributed by atoms with van der Waals surface area (Å²) in [4.78, 5) is 17.6. The van der Waals surface area contributed by atoms with Crippen molar-refractivity contribution in [3.8, 4) is 0 Å². The third-order valence-corrected chi connectivity index (χ3v) is 4.47. The zero-order valence-corrected chi connectivity index (χ0v) is 13.2. The number of para-hydroxylation sites is 1. The fraction of sp³-hybridized carbons (Fsp3) is 0.263. The molecule has 0 radical (unpaired) electrons. The normalized spacial score (nSPS) is 16.3. The average molecular weight is 322 g/mol. The Balaban J connectivity index is 1.39. The van der Waals surface area contributed by atoms with E-state index in [4.69, 9.17) is 9.36 Å². The first-order chi connectivity index (χ1) is 11.8. The fourth-order valence-corrected chi connectivity index (χ4v) is 3.16. The molecule has 1 saturated heterocycles. The number of fused-ring (bicyclic) bond motifs is 1. The molecule has 2 aromatic carbocycles. The third-order valence-electron chi connectivity index (χ3n) is 4.47. The zero-order chi connectivity index (χ0) is 16.4. The molecule has 0 bridgehead atoms. The maximum absolute atomic E-state index is 12.1. The van der Waals surface area contributed by atoms with Gasteiger partial charge in [-0.3, -0.25) is 0 Å². The molecule has 4 rings (SSSR count). The third kappa shape index (κ3) is 2.90. The molecule has 24 heavy (non-hydrogen) atoms. The van der Waals surface area contributed by atoms with Gasteiger partial charge in [-0.1, -0.05) is 35.5 Å². The van der Waals surface area contributed by atoms with Crippen molar-refractivity contribution in [1.29, 1.82) is 0 Å². The first-order valence-electron chi connectivity index (χ1n) is 8.18. The van der Waals surface area contributed by atoms with Crippen molar-refractivity contribution in [2.45, 2.75) is 18.8 Å². The summed E-state index contributed by atoms with van der Waals surface area (Å²) in [5, 5.41) is 7.08. The molecule has 0 spiro atoms. The van der Waals surface area contributed by atoms with E-state index in [0.717, 1.165) is 29.5 Å². The number of hydrogen-bond acceptors (Lipinski definition) is 5. The highest BCUT2D eigenvalue weighted by molar-refractivity contribution is 5.89. The van der Waals surface area contributed by atoms with Gasteiger partial charge in [0.25, 0.3) is 0 Å². The highest BCUT2D eigenvalue weighted by Gasteiger charge is 2.26. The fourth-order valence-electron chi connectivity index (χ4n) is 3.16. The van der Waals surface area contributed by atoms with Gasteiger partial charge in [0.05, 0.1) is 11.3 Å². The second-order valence-corrected chi connectivity index (χ2v) is 6.01. The Kier molecular flexibility index (Phi) is 4.01. The van der Waals surface area contributed by atoms with Crippen LogP contribution in [0.15, 0.2) is 59.1 Å². The molecule has 0 amide bonds. The molecule has 1 aliphatic heterocycles. The second-order valence-electron chi connectivity index (χ2n) is 6.01. The van der Waals surface area contributed by atoms with Crippen LogP contribution in [0.1, 0.15) is 34.8 Å². The monoisotopic (exact) mass is 322 g/mol. The minimum Gasteiger partial charge on any atom is -0.364 e. The van der Waals surface area contributed by atoms with Crippen LogP contribution in [0.4, 0.5) is 0 Å². The first-order valence-corrected chi connectivity index (χ1v) is 8.18. The van der Waals surface area contributed by atoms with Gasteiger partial charge in [0.15, 0.2) is 5.58 Å². The Morgan fingerprint density at radius 2 is 1.75 bits per heavy atom.